The van der Waals surface area contributed by atoms with Crippen LogP contribution in [0.5, 0.6) is 0 Å². The van der Waals surface area contributed by atoms with Crippen molar-refractivity contribution in [1.82, 2.24) is 9.80 Å². The number of piperazine rings is 1. The van der Waals surface area contributed by atoms with Crippen LogP contribution in [0.4, 0.5) is 5.69 Å². The number of carbonyl (C=O) groups is 1. The van der Waals surface area contributed by atoms with Crippen LogP contribution >= 0.6 is 11.3 Å². The van der Waals surface area contributed by atoms with E-state index in [4.69, 9.17) is 0 Å². The number of hydrogen-bond acceptors (Lipinski definition) is 4. The van der Waals surface area contributed by atoms with Crippen molar-refractivity contribution < 1.29 is 4.79 Å². The number of carbonyl (C=O) groups excluding carboxylic acids is 1. The topological polar surface area (TPSA) is 26.8 Å². The van der Waals surface area contributed by atoms with Crippen LogP contribution < -0.4 is 4.90 Å². The van der Waals surface area contributed by atoms with E-state index in [0.717, 1.165) is 32.7 Å². The van der Waals surface area contributed by atoms with Crippen molar-refractivity contribution in [2.45, 2.75) is 32.4 Å². The molecule has 1 saturated heterocycles. The molecule has 4 nitrogen and oxygen atoms in total. The van der Waals surface area contributed by atoms with Gasteiger partial charge in [-0.1, -0.05) is 18.2 Å². The van der Waals surface area contributed by atoms with Gasteiger partial charge in [-0.05, 0) is 48.9 Å². The van der Waals surface area contributed by atoms with Gasteiger partial charge in [0.2, 0.25) is 5.91 Å². The first-order chi connectivity index (χ1) is 12.7. The molecule has 0 bridgehead atoms. The first-order valence-electron chi connectivity index (χ1n) is 9.55. The maximum Gasteiger partial charge on any atom is 0.236 e. The van der Waals surface area contributed by atoms with Crippen molar-refractivity contribution in [3.05, 3.63) is 52.2 Å². The van der Waals surface area contributed by atoms with Crippen LogP contribution in [0, 0.1) is 6.92 Å². The van der Waals surface area contributed by atoms with Crippen molar-refractivity contribution in [2.75, 3.05) is 37.6 Å². The molecule has 0 N–H and O–H groups in total. The van der Waals surface area contributed by atoms with Gasteiger partial charge in [-0.15, -0.1) is 11.3 Å². The number of amides is 1. The van der Waals surface area contributed by atoms with Crippen LogP contribution in [0.1, 0.15) is 23.3 Å². The molecule has 1 aliphatic carbocycles. The van der Waals surface area contributed by atoms with Crippen molar-refractivity contribution in [3.63, 3.8) is 0 Å². The van der Waals surface area contributed by atoms with E-state index >= 15 is 0 Å². The lowest BCUT2D eigenvalue weighted by Gasteiger charge is -2.37. The van der Waals surface area contributed by atoms with Gasteiger partial charge in [0, 0.05) is 49.3 Å². The summed E-state index contributed by atoms with van der Waals surface area (Å²) in [6, 6.07) is 13.5. The molecule has 2 aliphatic rings. The Bertz CT molecular complexity index is 733. The molecular weight excluding hydrogens is 342 g/mol. The average Bonchev–Trinajstić information content (AvgIpc) is 3.38. The molecule has 2 heterocycles. The first-order valence-corrected chi connectivity index (χ1v) is 10.4. The summed E-state index contributed by atoms with van der Waals surface area (Å²) >= 11 is 1.78. The SMILES string of the molecule is Cc1cccc(N2CCN(C(=O)CN(Cc3cccs3)C3CC3)CC2)c1. The molecule has 0 radical (unpaired) electrons. The molecule has 2 aromatic rings. The number of nitrogens with zero attached hydrogens (tertiary/aromatic N) is 3. The van der Waals surface area contributed by atoms with Gasteiger partial charge in [0.05, 0.1) is 6.54 Å². The third-order valence-electron chi connectivity index (χ3n) is 5.34. The summed E-state index contributed by atoms with van der Waals surface area (Å²) in [6.45, 7) is 7.09. The second kappa shape index (κ2) is 7.80. The minimum absolute atomic E-state index is 0.289. The standard InChI is InChI=1S/C21H27N3OS/c1-17-4-2-5-19(14-17)22-9-11-23(12-10-22)21(25)16-24(18-7-8-18)15-20-6-3-13-26-20/h2-6,13-14,18H,7-12,15-16H2,1H3. The summed E-state index contributed by atoms with van der Waals surface area (Å²) < 4.78 is 0. The van der Waals surface area contributed by atoms with Crippen LogP contribution in [0.25, 0.3) is 0 Å². The number of rotatable bonds is 6. The number of thiophene rings is 1. The smallest absolute Gasteiger partial charge is 0.236 e. The predicted molar refractivity (Wildman–Crippen MR) is 108 cm³/mol. The van der Waals surface area contributed by atoms with E-state index in [0.29, 0.717) is 12.6 Å². The molecule has 26 heavy (non-hydrogen) atoms. The average molecular weight is 370 g/mol. The largest absolute Gasteiger partial charge is 0.368 e. The Labute approximate surface area is 160 Å². The Morgan fingerprint density at radius 1 is 1.15 bits per heavy atom. The van der Waals surface area contributed by atoms with Gasteiger partial charge in [0.1, 0.15) is 0 Å². The quantitative estimate of drug-likeness (QED) is 0.781. The van der Waals surface area contributed by atoms with Crippen LogP contribution in [-0.4, -0.2) is 54.5 Å². The summed E-state index contributed by atoms with van der Waals surface area (Å²) in [7, 11) is 0. The molecule has 1 amide bonds. The first kappa shape index (κ1) is 17.6. The van der Waals surface area contributed by atoms with Crippen LogP contribution in [-0.2, 0) is 11.3 Å². The van der Waals surface area contributed by atoms with E-state index in [1.807, 2.05) is 0 Å². The maximum atomic E-state index is 12.8. The molecule has 5 heteroatoms. The highest BCUT2D eigenvalue weighted by Crippen LogP contribution is 2.29. The van der Waals surface area contributed by atoms with Gasteiger partial charge >= 0.3 is 0 Å². The molecule has 2 fully saturated rings. The number of benzene rings is 1. The fourth-order valence-corrected chi connectivity index (χ4v) is 4.40. The summed E-state index contributed by atoms with van der Waals surface area (Å²) in [5.41, 5.74) is 2.56. The summed E-state index contributed by atoms with van der Waals surface area (Å²) in [5, 5.41) is 2.12. The van der Waals surface area contributed by atoms with Gasteiger partial charge in [-0.25, -0.2) is 0 Å². The Morgan fingerprint density at radius 3 is 2.62 bits per heavy atom. The lowest BCUT2D eigenvalue weighted by molar-refractivity contribution is -0.133. The molecule has 1 aromatic heterocycles. The van der Waals surface area contributed by atoms with Gasteiger partial charge in [-0.3, -0.25) is 9.69 Å². The zero-order chi connectivity index (χ0) is 17.9. The zero-order valence-corrected chi connectivity index (χ0v) is 16.3. The summed E-state index contributed by atoms with van der Waals surface area (Å²) in [4.78, 5) is 21.0. The Kier molecular flexibility index (Phi) is 5.27. The zero-order valence-electron chi connectivity index (χ0n) is 15.4. The molecule has 1 aromatic carbocycles. The predicted octanol–water partition coefficient (Wildman–Crippen LogP) is 3.37. The molecule has 4 rings (SSSR count). The van der Waals surface area contributed by atoms with E-state index in [1.54, 1.807) is 11.3 Å². The fraction of sp³-hybridized carbons (Fsp3) is 0.476. The maximum absolute atomic E-state index is 12.8. The number of hydrogen-bond donors (Lipinski definition) is 0. The molecule has 0 atom stereocenters. The lowest BCUT2D eigenvalue weighted by Crippen LogP contribution is -2.51. The molecule has 0 spiro atoms. The Morgan fingerprint density at radius 2 is 1.96 bits per heavy atom. The lowest BCUT2D eigenvalue weighted by atomic mass is 10.2. The highest BCUT2D eigenvalue weighted by atomic mass is 32.1. The monoisotopic (exact) mass is 369 g/mol. The van der Waals surface area contributed by atoms with E-state index in [1.165, 1.54) is 29.0 Å². The Balaban J connectivity index is 1.31. The summed E-state index contributed by atoms with van der Waals surface area (Å²) in [6.07, 6.45) is 2.47. The second-order valence-electron chi connectivity index (χ2n) is 7.42. The van der Waals surface area contributed by atoms with Crippen molar-refractivity contribution in [2.24, 2.45) is 0 Å². The molecular formula is C21H27N3OS. The van der Waals surface area contributed by atoms with Crippen molar-refractivity contribution in [1.29, 1.82) is 0 Å². The van der Waals surface area contributed by atoms with Crippen LogP contribution in [0.3, 0.4) is 0 Å². The molecule has 0 unspecified atom stereocenters. The van der Waals surface area contributed by atoms with Gasteiger partial charge < -0.3 is 9.80 Å². The van der Waals surface area contributed by atoms with Crippen LogP contribution in [0.15, 0.2) is 41.8 Å². The van der Waals surface area contributed by atoms with Gasteiger partial charge in [0.15, 0.2) is 0 Å². The second-order valence-corrected chi connectivity index (χ2v) is 8.45. The minimum Gasteiger partial charge on any atom is -0.368 e. The van der Waals surface area contributed by atoms with E-state index < -0.39 is 0 Å². The van der Waals surface area contributed by atoms with E-state index in [2.05, 4.69) is 63.4 Å². The Hall–Kier alpha value is -1.85. The summed E-state index contributed by atoms with van der Waals surface area (Å²) in [5.74, 6) is 0.289. The fourth-order valence-electron chi connectivity index (χ4n) is 3.67. The highest BCUT2D eigenvalue weighted by molar-refractivity contribution is 7.09. The van der Waals surface area contributed by atoms with Crippen molar-refractivity contribution in [3.8, 4) is 0 Å². The third kappa shape index (κ3) is 4.27. The highest BCUT2D eigenvalue weighted by Gasteiger charge is 2.32. The third-order valence-corrected chi connectivity index (χ3v) is 6.20. The van der Waals surface area contributed by atoms with Crippen LogP contribution in [0.2, 0.25) is 0 Å². The minimum atomic E-state index is 0.289. The number of aryl methyl sites for hydroxylation is 1. The molecule has 138 valence electrons. The number of anilines is 1. The van der Waals surface area contributed by atoms with Gasteiger partial charge in [-0.2, -0.15) is 0 Å². The van der Waals surface area contributed by atoms with Gasteiger partial charge in [0.25, 0.3) is 0 Å². The van der Waals surface area contributed by atoms with Crippen molar-refractivity contribution >= 4 is 22.9 Å². The molecule has 1 saturated carbocycles. The van der Waals surface area contributed by atoms with E-state index in [9.17, 15) is 4.79 Å². The normalized spacial score (nSPS) is 17.8. The molecule has 1 aliphatic heterocycles. The van der Waals surface area contributed by atoms with E-state index in [-0.39, 0.29) is 5.91 Å².